The molecule has 0 bridgehead atoms. The first-order valence-electron chi connectivity index (χ1n) is 9.93. The van der Waals surface area contributed by atoms with Crippen LogP contribution in [0.3, 0.4) is 0 Å². The summed E-state index contributed by atoms with van der Waals surface area (Å²) in [6.45, 7) is 0. The van der Waals surface area contributed by atoms with Crippen LogP contribution in [0.5, 0.6) is 0 Å². The lowest BCUT2D eigenvalue weighted by atomic mass is 9.91. The van der Waals surface area contributed by atoms with Gasteiger partial charge in [0.25, 0.3) is 5.56 Å². The second kappa shape index (κ2) is 9.06. The summed E-state index contributed by atoms with van der Waals surface area (Å²) in [5.41, 5.74) is 4.83. The second-order valence-electron chi connectivity index (χ2n) is 7.22. The maximum atomic E-state index is 14.9. The van der Waals surface area contributed by atoms with E-state index in [-0.39, 0.29) is 37.2 Å². The van der Waals surface area contributed by atoms with E-state index in [1.165, 1.54) is 48.5 Å². The average Bonchev–Trinajstić information content (AvgIpc) is 3.14. The molecule has 0 radical (unpaired) electrons. The molecule has 174 valence electrons. The van der Waals surface area contributed by atoms with E-state index in [1.54, 1.807) is 6.07 Å². The Morgan fingerprint density at radius 2 is 1.62 bits per heavy atom. The van der Waals surface area contributed by atoms with Crippen molar-refractivity contribution in [1.29, 1.82) is 0 Å². The monoisotopic (exact) mass is 484 g/mol. The van der Waals surface area contributed by atoms with E-state index in [0.717, 1.165) is 30.1 Å². The van der Waals surface area contributed by atoms with E-state index in [1.807, 2.05) is 0 Å². The van der Waals surface area contributed by atoms with E-state index in [0.29, 0.717) is 0 Å². The Kier molecular flexibility index (Phi) is 6.16. The van der Waals surface area contributed by atoms with E-state index >= 15 is 0 Å². The van der Waals surface area contributed by atoms with Crippen LogP contribution in [0.15, 0.2) is 64.6 Å². The lowest BCUT2D eigenvalue weighted by Crippen LogP contribution is -2.43. The Morgan fingerprint density at radius 3 is 2.24 bits per heavy atom. The number of esters is 2. The number of carbonyl (C=O) groups excluding carboxylic acids is 2. The molecule has 2 N–H and O–H groups in total. The maximum Gasteiger partial charge on any atom is 0.342 e. The zero-order valence-electron chi connectivity index (χ0n) is 18.0. The van der Waals surface area contributed by atoms with Crippen LogP contribution in [0, 0.1) is 11.6 Å². The maximum absolute atomic E-state index is 14.9. The summed E-state index contributed by atoms with van der Waals surface area (Å²) in [6.07, 6.45) is 1.31. The molecule has 2 aromatic carbocycles. The number of carbonyl (C=O) groups is 2. The average molecular weight is 484 g/mol. The minimum atomic E-state index is -1.33. The number of nitrogens with two attached hydrogens (primary N) is 1. The Labute approximate surface area is 195 Å². The molecule has 4 rings (SSSR count). The number of ether oxygens (including phenoxy) is 2. The topological polar surface area (TPSA) is 101 Å². The summed E-state index contributed by atoms with van der Waals surface area (Å²) in [7, 11) is 2.22. The quantitative estimate of drug-likeness (QED) is 0.561. The van der Waals surface area contributed by atoms with Crippen molar-refractivity contribution in [2.24, 2.45) is 5.73 Å². The van der Waals surface area contributed by atoms with Crippen molar-refractivity contribution in [2.75, 3.05) is 14.2 Å². The van der Waals surface area contributed by atoms with E-state index < -0.39 is 35.2 Å². The fourth-order valence-electron chi connectivity index (χ4n) is 3.79. The third-order valence-electron chi connectivity index (χ3n) is 5.35. The van der Waals surface area contributed by atoms with Crippen molar-refractivity contribution in [2.45, 2.75) is 6.04 Å². The normalized spacial score (nSPS) is 15.8. The molecule has 2 heterocycles. The van der Waals surface area contributed by atoms with E-state index in [9.17, 15) is 23.2 Å². The van der Waals surface area contributed by atoms with Gasteiger partial charge in [0.05, 0.1) is 30.0 Å². The minimum absolute atomic E-state index is 0.0339. The molecule has 1 aromatic heterocycles. The molecule has 0 amide bonds. The van der Waals surface area contributed by atoms with Gasteiger partial charge >= 0.3 is 11.9 Å². The number of hydrogen-bond acceptors (Lipinski definition) is 7. The molecule has 1 atom stereocenters. The molecular weight excluding hydrogens is 466 g/mol. The Hall–Kier alpha value is -4.05. The van der Waals surface area contributed by atoms with Crippen LogP contribution in [-0.2, 0) is 19.1 Å². The summed E-state index contributed by atoms with van der Waals surface area (Å²) in [5, 5.41) is 0. The van der Waals surface area contributed by atoms with Crippen molar-refractivity contribution in [3.8, 4) is 0 Å². The van der Waals surface area contributed by atoms with Crippen LogP contribution < -0.4 is 20.5 Å². The molecule has 1 aliphatic heterocycles. The molecule has 34 heavy (non-hydrogen) atoms. The van der Waals surface area contributed by atoms with Gasteiger partial charge in [0.1, 0.15) is 27.9 Å². The van der Waals surface area contributed by atoms with Crippen molar-refractivity contribution in [3.05, 3.63) is 102 Å². The van der Waals surface area contributed by atoms with E-state index in [4.69, 9.17) is 15.2 Å². The van der Waals surface area contributed by atoms with Crippen LogP contribution in [-0.4, -0.2) is 30.7 Å². The molecule has 1 unspecified atom stereocenters. The van der Waals surface area contributed by atoms with Crippen LogP contribution in [0.2, 0.25) is 0 Å². The standard InChI is InChI=1S/C24H18F2N2O5S/c1-32-23(30)17-19(27)18(24(31)33-2)22-28(20(17)13-8-4-6-10-15(13)26)21(29)16(34-22)11-12-7-3-5-9-14(12)25/h3-11,20H,27H2,1-2H3. The van der Waals surface area contributed by atoms with Gasteiger partial charge < -0.3 is 15.2 Å². The first kappa shape index (κ1) is 23.1. The number of nitrogens with zero attached hydrogens (tertiary/aromatic N) is 1. The van der Waals surface area contributed by atoms with Gasteiger partial charge in [-0.1, -0.05) is 36.4 Å². The van der Waals surface area contributed by atoms with Crippen LogP contribution in [0.25, 0.3) is 11.6 Å². The molecule has 1 aliphatic rings. The summed E-state index contributed by atoms with van der Waals surface area (Å²) >= 11 is 0.848. The van der Waals surface area contributed by atoms with Gasteiger partial charge in [-0.25, -0.2) is 18.4 Å². The number of aromatic nitrogens is 1. The molecule has 7 nitrogen and oxygen atoms in total. The lowest BCUT2D eigenvalue weighted by Gasteiger charge is -2.27. The predicted molar refractivity (Wildman–Crippen MR) is 121 cm³/mol. The van der Waals surface area contributed by atoms with Crippen molar-refractivity contribution >= 4 is 34.9 Å². The first-order valence-corrected chi connectivity index (χ1v) is 10.7. The Balaban J connectivity index is 2.17. The van der Waals surface area contributed by atoms with Gasteiger partial charge in [-0.15, -0.1) is 11.3 Å². The fourth-order valence-corrected chi connectivity index (χ4v) is 4.95. The molecule has 3 aromatic rings. The minimum Gasteiger partial charge on any atom is -0.466 e. The SMILES string of the molecule is COC(=O)C1=C(N)C(C(=O)OC)=c2sc(=Cc3ccccc3F)c(=O)n2C1c1ccccc1F. The number of halogens is 2. The third-order valence-corrected chi connectivity index (χ3v) is 6.45. The number of methoxy groups -OCH3 is 2. The highest BCUT2D eigenvalue weighted by atomic mass is 32.1. The predicted octanol–water partition coefficient (Wildman–Crippen LogP) is 1.33. The third kappa shape index (κ3) is 3.71. The summed E-state index contributed by atoms with van der Waals surface area (Å²) in [4.78, 5) is 39.0. The number of rotatable bonds is 4. The number of fused-ring (bicyclic) bond motifs is 1. The second-order valence-corrected chi connectivity index (χ2v) is 8.25. The number of thiazole rings is 1. The first-order chi connectivity index (χ1) is 16.3. The molecule has 0 saturated carbocycles. The van der Waals surface area contributed by atoms with Crippen LogP contribution >= 0.6 is 11.3 Å². The molecule has 10 heteroatoms. The Morgan fingerprint density at radius 1 is 1.00 bits per heavy atom. The molecule has 0 fully saturated rings. The molecule has 0 aliphatic carbocycles. The largest absolute Gasteiger partial charge is 0.466 e. The molecular formula is C24H18F2N2O5S. The highest BCUT2D eigenvalue weighted by molar-refractivity contribution is 7.07. The Bertz CT molecular complexity index is 1540. The molecule has 0 spiro atoms. The van der Waals surface area contributed by atoms with Crippen molar-refractivity contribution in [1.82, 2.24) is 4.57 Å². The van der Waals surface area contributed by atoms with Gasteiger partial charge in [0.2, 0.25) is 0 Å². The van der Waals surface area contributed by atoms with Crippen molar-refractivity contribution in [3.63, 3.8) is 0 Å². The van der Waals surface area contributed by atoms with Gasteiger partial charge in [-0.05, 0) is 18.2 Å². The fraction of sp³-hybridized carbons (Fsp3) is 0.125. The molecule has 0 saturated heterocycles. The number of benzene rings is 2. The lowest BCUT2D eigenvalue weighted by molar-refractivity contribution is -0.136. The zero-order valence-corrected chi connectivity index (χ0v) is 18.8. The van der Waals surface area contributed by atoms with E-state index in [2.05, 4.69) is 0 Å². The number of hydrogen-bond donors (Lipinski definition) is 1. The highest BCUT2D eigenvalue weighted by Gasteiger charge is 2.39. The summed E-state index contributed by atoms with van der Waals surface area (Å²) < 4.78 is 40.0. The smallest absolute Gasteiger partial charge is 0.342 e. The van der Waals surface area contributed by atoms with Crippen molar-refractivity contribution < 1.29 is 27.8 Å². The zero-order chi connectivity index (χ0) is 24.6. The van der Waals surface area contributed by atoms with Gasteiger partial charge in [0.15, 0.2) is 0 Å². The van der Waals surface area contributed by atoms with Crippen LogP contribution in [0.4, 0.5) is 8.78 Å². The summed E-state index contributed by atoms with van der Waals surface area (Å²) in [5.74, 6) is -3.12. The van der Waals surface area contributed by atoms with Gasteiger partial charge in [0, 0.05) is 11.1 Å². The highest BCUT2D eigenvalue weighted by Crippen LogP contribution is 2.33. The van der Waals surface area contributed by atoms with Gasteiger partial charge in [-0.3, -0.25) is 9.36 Å². The van der Waals surface area contributed by atoms with Crippen LogP contribution in [0.1, 0.15) is 17.2 Å². The van der Waals surface area contributed by atoms with Gasteiger partial charge in [-0.2, -0.15) is 0 Å². The summed E-state index contributed by atoms with van der Waals surface area (Å²) in [6, 6.07) is 10.0.